The molecule has 1 saturated carbocycles. The maximum absolute atomic E-state index is 12.7. The molecule has 0 bridgehead atoms. The Balaban J connectivity index is 1.53. The Bertz CT molecular complexity index is 874. The van der Waals surface area contributed by atoms with E-state index < -0.39 is 36.0 Å². The molecule has 1 aromatic rings. The van der Waals surface area contributed by atoms with Gasteiger partial charge in [-0.05, 0) is 37.2 Å². The van der Waals surface area contributed by atoms with Crippen LogP contribution in [0.5, 0.6) is 0 Å². The van der Waals surface area contributed by atoms with Gasteiger partial charge in [0, 0.05) is 6.04 Å². The molecule has 9 heteroatoms. The molecule has 2 aliphatic rings. The molecule has 0 aromatic heterocycles. The van der Waals surface area contributed by atoms with Crippen molar-refractivity contribution in [2.45, 2.75) is 70.9 Å². The lowest BCUT2D eigenvalue weighted by Gasteiger charge is -2.37. The Kier molecular flexibility index (Phi) is 8.07. The van der Waals surface area contributed by atoms with Gasteiger partial charge in [0.2, 0.25) is 5.91 Å². The summed E-state index contributed by atoms with van der Waals surface area (Å²) in [5.74, 6) is -2.00. The van der Waals surface area contributed by atoms with Gasteiger partial charge < -0.3 is 25.8 Å². The zero-order valence-electron chi connectivity index (χ0n) is 19.3. The number of amides is 2. The van der Waals surface area contributed by atoms with Gasteiger partial charge in [-0.25, -0.2) is 4.79 Å². The van der Waals surface area contributed by atoms with Crippen LogP contribution in [0.4, 0.5) is 0 Å². The second kappa shape index (κ2) is 10.8. The van der Waals surface area contributed by atoms with E-state index in [2.05, 4.69) is 10.6 Å². The molecule has 2 unspecified atom stereocenters. The summed E-state index contributed by atoms with van der Waals surface area (Å²) in [6.45, 7) is 5.53. The third-order valence-electron chi connectivity index (χ3n) is 6.38. The molecule has 3 rings (SSSR count). The predicted octanol–water partition coefficient (Wildman–Crippen LogP) is 1.04. The fraction of sp³-hybridized carbons (Fsp3) is 0.583. The average molecular weight is 460 g/mol. The Morgan fingerprint density at radius 2 is 1.91 bits per heavy atom. The van der Waals surface area contributed by atoms with Crippen LogP contribution in [0.25, 0.3) is 0 Å². The molecule has 1 saturated heterocycles. The van der Waals surface area contributed by atoms with Gasteiger partial charge in [0.25, 0.3) is 5.91 Å². The summed E-state index contributed by atoms with van der Waals surface area (Å²) in [4.78, 5) is 49.1. The fourth-order valence-electron chi connectivity index (χ4n) is 3.93. The zero-order valence-corrected chi connectivity index (χ0v) is 19.3. The molecule has 1 aliphatic heterocycles. The number of cyclic esters (lactones) is 1. The van der Waals surface area contributed by atoms with Crippen molar-refractivity contribution in [3.05, 3.63) is 35.9 Å². The fourth-order valence-corrected chi connectivity index (χ4v) is 3.93. The van der Waals surface area contributed by atoms with Crippen LogP contribution in [0.15, 0.2) is 30.3 Å². The Labute approximate surface area is 193 Å². The molecule has 2 fully saturated rings. The molecule has 1 heterocycles. The van der Waals surface area contributed by atoms with E-state index in [4.69, 9.17) is 15.2 Å². The number of hydrogen-bond acceptors (Lipinski definition) is 7. The van der Waals surface area contributed by atoms with Crippen LogP contribution in [-0.4, -0.2) is 48.0 Å². The van der Waals surface area contributed by atoms with Crippen molar-refractivity contribution in [1.29, 1.82) is 0 Å². The largest absolute Gasteiger partial charge is 0.459 e. The van der Waals surface area contributed by atoms with Gasteiger partial charge in [0.1, 0.15) is 18.6 Å². The SMILES string of the molecule is CCC(C)[C@@H]1C(=O)OC1C(=O)N[C@H]1C[C@@H]1C[C@H](NC(=O)[C@H](C)N)C(=O)OCc1ccccc1. The third kappa shape index (κ3) is 6.31. The lowest BCUT2D eigenvalue weighted by atomic mass is 9.83. The molecule has 1 aliphatic carbocycles. The molecule has 9 nitrogen and oxygen atoms in total. The van der Waals surface area contributed by atoms with E-state index in [-0.39, 0.29) is 36.4 Å². The lowest BCUT2D eigenvalue weighted by molar-refractivity contribution is -0.193. The minimum Gasteiger partial charge on any atom is -0.459 e. The summed E-state index contributed by atoms with van der Waals surface area (Å²) in [6, 6.07) is 7.47. The van der Waals surface area contributed by atoms with Crippen LogP contribution in [0.3, 0.4) is 0 Å². The molecule has 4 N–H and O–H groups in total. The molecule has 0 radical (unpaired) electrons. The van der Waals surface area contributed by atoms with E-state index in [1.54, 1.807) is 0 Å². The highest BCUT2D eigenvalue weighted by molar-refractivity contribution is 5.94. The highest BCUT2D eigenvalue weighted by Crippen LogP contribution is 2.37. The van der Waals surface area contributed by atoms with Gasteiger partial charge in [0.15, 0.2) is 6.10 Å². The predicted molar refractivity (Wildman–Crippen MR) is 119 cm³/mol. The van der Waals surface area contributed by atoms with Crippen LogP contribution in [0.2, 0.25) is 0 Å². The number of ether oxygens (including phenoxy) is 2. The summed E-state index contributed by atoms with van der Waals surface area (Å²) >= 11 is 0. The first-order chi connectivity index (χ1) is 15.7. The maximum atomic E-state index is 12.7. The van der Waals surface area contributed by atoms with Gasteiger partial charge in [-0.1, -0.05) is 50.6 Å². The number of carbonyl (C=O) groups excluding carboxylic acids is 4. The van der Waals surface area contributed by atoms with E-state index in [1.165, 1.54) is 6.92 Å². The van der Waals surface area contributed by atoms with Crippen molar-refractivity contribution in [2.24, 2.45) is 23.5 Å². The summed E-state index contributed by atoms with van der Waals surface area (Å²) in [5, 5.41) is 5.57. The molecule has 180 valence electrons. The first-order valence-corrected chi connectivity index (χ1v) is 11.5. The summed E-state index contributed by atoms with van der Waals surface area (Å²) < 4.78 is 10.5. The number of esters is 2. The van der Waals surface area contributed by atoms with Crippen LogP contribution in [-0.2, 0) is 35.3 Å². The summed E-state index contributed by atoms with van der Waals surface area (Å²) in [7, 11) is 0. The molecule has 7 atom stereocenters. The monoisotopic (exact) mass is 459 g/mol. The van der Waals surface area contributed by atoms with Crippen LogP contribution in [0, 0.1) is 17.8 Å². The van der Waals surface area contributed by atoms with Gasteiger partial charge in [-0.3, -0.25) is 14.4 Å². The first kappa shape index (κ1) is 24.7. The Morgan fingerprint density at radius 1 is 1.21 bits per heavy atom. The molecular weight excluding hydrogens is 426 g/mol. The van der Waals surface area contributed by atoms with Crippen molar-refractivity contribution in [1.82, 2.24) is 10.6 Å². The second-order valence-corrected chi connectivity index (χ2v) is 9.06. The van der Waals surface area contributed by atoms with Crippen molar-refractivity contribution >= 4 is 23.8 Å². The van der Waals surface area contributed by atoms with Gasteiger partial charge >= 0.3 is 11.9 Å². The number of hydrogen-bond donors (Lipinski definition) is 3. The highest BCUT2D eigenvalue weighted by atomic mass is 16.6. The molecule has 2 amide bonds. The lowest BCUT2D eigenvalue weighted by Crippen LogP contribution is -2.56. The number of nitrogens with two attached hydrogens (primary N) is 1. The number of nitrogens with one attached hydrogen (secondary N) is 2. The summed E-state index contributed by atoms with van der Waals surface area (Å²) in [5.41, 5.74) is 6.48. The first-order valence-electron chi connectivity index (χ1n) is 11.5. The number of carbonyl (C=O) groups is 4. The highest BCUT2D eigenvalue weighted by Gasteiger charge is 2.51. The maximum Gasteiger partial charge on any atom is 0.328 e. The normalized spacial score (nSPS) is 26.1. The van der Waals surface area contributed by atoms with Crippen LogP contribution < -0.4 is 16.4 Å². The van der Waals surface area contributed by atoms with Crippen LogP contribution in [0.1, 0.15) is 45.6 Å². The number of benzene rings is 1. The standard InChI is InChI=1S/C24H33N3O6/c1-4-13(2)19-20(33-24(19)31)22(29)26-17-10-16(17)11-18(27-21(28)14(3)25)23(30)32-12-15-8-6-5-7-9-15/h5-9,13-14,16-20H,4,10-12,25H2,1-3H3,(H,26,29)(H,27,28)/t13?,14-,16+,17-,18-,19-,20?/m0/s1. The van der Waals surface area contributed by atoms with E-state index in [0.717, 1.165) is 12.0 Å². The molecule has 33 heavy (non-hydrogen) atoms. The van der Waals surface area contributed by atoms with E-state index >= 15 is 0 Å². The quantitative estimate of drug-likeness (QED) is 0.421. The minimum absolute atomic E-state index is 0.00516. The molecule has 0 spiro atoms. The van der Waals surface area contributed by atoms with Crippen molar-refractivity contribution in [2.75, 3.05) is 0 Å². The molecule has 1 aromatic carbocycles. The van der Waals surface area contributed by atoms with Crippen molar-refractivity contribution < 1.29 is 28.7 Å². The van der Waals surface area contributed by atoms with Gasteiger partial charge in [-0.15, -0.1) is 0 Å². The van der Waals surface area contributed by atoms with E-state index in [0.29, 0.717) is 12.8 Å². The topological polar surface area (TPSA) is 137 Å². The van der Waals surface area contributed by atoms with Gasteiger partial charge in [0.05, 0.1) is 6.04 Å². The Morgan fingerprint density at radius 3 is 2.52 bits per heavy atom. The average Bonchev–Trinajstić information content (AvgIpc) is 3.52. The van der Waals surface area contributed by atoms with E-state index in [1.807, 2.05) is 44.2 Å². The number of rotatable bonds is 11. The third-order valence-corrected chi connectivity index (χ3v) is 6.38. The minimum atomic E-state index is -0.867. The summed E-state index contributed by atoms with van der Waals surface area (Å²) in [6.07, 6.45) is 0.993. The zero-order chi connectivity index (χ0) is 24.1. The Hall–Kier alpha value is -2.94. The molecular formula is C24H33N3O6. The smallest absolute Gasteiger partial charge is 0.328 e. The van der Waals surface area contributed by atoms with E-state index in [9.17, 15) is 19.2 Å². The van der Waals surface area contributed by atoms with Crippen molar-refractivity contribution in [3.8, 4) is 0 Å². The second-order valence-electron chi connectivity index (χ2n) is 9.06. The van der Waals surface area contributed by atoms with Crippen molar-refractivity contribution in [3.63, 3.8) is 0 Å². The van der Waals surface area contributed by atoms with Crippen LogP contribution >= 0.6 is 0 Å². The van der Waals surface area contributed by atoms with Gasteiger partial charge in [-0.2, -0.15) is 0 Å².